The van der Waals surface area contributed by atoms with Crippen LogP contribution in [0.4, 0.5) is 5.82 Å². The van der Waals surface area contributed by atoms with Crippen LogP contribution in [0.25, 0.3) is 28.0 Å². The summed E-state index contributed by atoms with van der Waals surface area (Å²) < 4.78 is 2.08. The number of pyridine rings is 1. The number of hydrogen-bond donors (Lipinski definition) is 3. The molecule has 1 aromatic carbocycles. The lowest BCUT2D eigenvalue weighted by Gasteiger charge is -2.08. The van der Waals surface area contributed by atoms with E-state index in [1.165, 1.54) is 0 Å². The predicted molar refractivity (Wildman–Crippen MR) is 116 cm³/mol. The fraction of sp³-hybridized carbons (Fsp3) is 0.182. The number of primary amides is 1. The number of nitrogens with one attached hydrogen (secondary N) is 1. The average molecular weight is 401 g/mol. The van der Waals surface area contributed by atoms with Crippen molar-refractivity contribution in [1.29, 1.82) is 0 Å². The molecule has 30 heavy (non-hydrogen) atoms. The number of carbonyl (C=O) groups excluding carboxylic acids is 1. The predicted octanol–water partition coefficient (Wildman–Crippen LogP) is 2.57. The van der Waals surface area contributed by atoms with E-state index in [1.807, 2.05) is 24.4 Å². The summed E-state index contributed by atoms with van der Waals surface area (Å²) in [6, 6.07) is 14.5. The van der Waals surface area contributed by atoms with E-state index in [0.717, 1.165) is 53.2 Å². The molecule has 0 saturated carbocycles. The number of nitrogens with two attached hydrogens (primary N) is 2. The van der Waals surface area contributed by atoms with Crippen molar-refractivity contribution in [2.75, 3.05) is 12.3 Å². The first-order valence-corrected chi connectivity index (χ1v) is 9.76. The van der Waals surface area contributed by atoms with Crippen LogP contribution in [0.5, 0.6) is 0 Å². The number of carbonyl (C=O) groups is 1. The van der Waals surface area contributed by atoms with Gasteiger partial charge in [-0.15, -0.1) is 0 Å². The number of hydrogen-bond acceptors (Lipinski definition) is 6. The topological polar surface area (TPSA) is 124 Å². The zero-order chi connectivity index (χ0) is 20.9. The molecule has 1 fully saturated rings. The summed E-state index contributed by atoms with van der Waals surface area (Å²) in [4.78, 5) is 22.3. The molecule has 5 N–H and O–H groups in total. The maximum absolute atomic E-state index is 8.58. The van der Waals surface area contributed by atoms with E-state index in [0.29, 0.717) is 5.82 Å². The molecule has 4 aromatic rings. The molecule has 1 aliphatic rings. The Labute approximate surface area is 174 Å². The van der Waals surface area contributed by atoms with E-state index in [2.05, 4.69) is 49.7 Å². The highest BCUT2D eigenvalue weighted by atomic mass is 16.1. The summed E-state index contributed by atoms with van der Waals surface area (Å²) in [6.45, 7) is 1.02. The van der Waals surface area contributed by atoms with Crippen molar-refractivity contribution in [3.8, 4) is 22.5 Å². The van der Waals surface area contributed by atoms with Gasteiger partial charge in [0.15, 0.2) is 0 Å². The van der Waals surface area contributed by atoms with E-state index in [1.54, 1.807) is 12.4 Å². The van der Waals surface area contributed by atoms with Gasteiger partial charge < -0.3 is 16.8 Å². The second-order valence-electron chi connectivity index (χ2n) is 6.93. The van der Waals surface area contributed by atoms with Crippen LogP contribution >= 0.6 is 0 Å². The molecule has 8 nitrogen and oxygen atoms in total. The van der Waals surface area contributed by atoms with Gasteiger partial charge in [-0.3, -0.25) is 14.2 Å². The number of nitrogens with zero attached hydrogens (tertiary/aromatic N) is 4. The third-order valence-electron chi connectivity index (χ3n) is 5.10. The monoisotopic (exact) mass is 401 g/mol. The summed E-state index contributed by atoms with van der Waals surface area (Å²) >= 11 is 0. The highest BCUT2D eigenvalue weighted by molar-refractivity contribution is 5.86. The summed E-state index contributed by atoms with van der Waals surface area (Å²) in [7, 11) is 0. The quantitative estimate of drug-likeness (QED) is 0.453. The van der Waals surface area contributed by atoms with Gasteiger partial charge in [0.05, 0.1) is 11.7 Å². The highest BCUT2D eigenvalue weighted by Gasteiger charge is 2.24. The number of amides is 1. The molecule has 0 radical (unpaired) electrons. The van der Waals surface area contributed by atoms with Gasteiger partial charge in [-0.25, -0.2) is 9.97 Å². The first kappa shape index (κ1) is 19.5. The summed E-state index contributed by atoms with van der Waals surface area (Å²) in [5.74, 6) is 1.50. The molecule has 5 rings (SSSR count). The summed E-state index contributed by atoms with van der Waals surface area (Å²) in [5.41, 5.74) is 15.2. The van der Waals surface area contributed by atoms with Gasteiger partial charge in [-0.1, -0.05) is 30.3 Å². The molecule has 1 amide bonds. The van der Waals surface area contributed by atoms with Gasteiger partial charge in [0, 0.05) is 29.7 Å². The number of rotatable bonds is 3. The van der Waals surface area contributed by atoms with Crippen LogP contribution in [0.2, 0.25) is 0 Å². The minimum atomic E-state index is 0.250. The molecule has 1 unspecified atom stereocenters. The molecule has 1 saturated heterocycles. The van der Waals surface area contributed by atoms with Gasteiger partial charge in [-0.05, 0) is 31.5 Å². The van der Waals surface area contributed by atoms with Crippen molar-refractivity contribution in [1.82, 2.24) is 24.7 Å². The van der Waals surface area contributed by atoms with Crippen LogP contribution in [0.15, 0.2) is 61.1 Å². The van der Waals surface area contributed by atoms with E-state index in [9.17, 15) is 0 Å². The van der Waals surface area contributed by atoms with Gasteiger partial charge in [0.2, 0.25) is 6.41 Å². The number of aromatic nitrogens is 4. The Morgan fingerprint density at radius 1 is 1.07 bits per heavy atom. The van der Waals surface area contributed by atoms with E-state index < -0.39 is 0 Å². The minimum Gasteiger partial charge on any atom is -0.382 e. The van der Waals surface area contributed by atoms with E-state index in [-0.39, 0.29) is 12.5 Å². The Balaban J connectivity index is 0.000000687. The second kappa shape index (κ2) is 8.71. The second-order valence-corrected chi connectivity index (χ2v) is 6.93. The van der Waals surface area contributed by atoms with Crippen LogP contribution in [0.3, 0.4) is 0 Å². The molecule has 0 aliphatic carbocycles. The van der Waals surface area contributed by atoms with E-state index in [4.69, 9.17) is 15.5 Å². The molecular formula is C22H23N7O. The SMILES string of the molecule is NC=O.Nc1nccn2c(C3CCCN3)nc(-c3ccc(-c4ccccn4)cc3)c12. The lowest BCUT2D eigenvalue weighted by atomic mass is 10.1. The van der Waals surface area contributed by atoms with Crippen molar-refractivity contribution in [2.45, 2.75) is 18.9 Å². The van der Waals surface area contributed by atoms with Crippen molar-refractivity contribution < 1.29 is 4.79 Å². The smallest absolute Gasteiger partial charge is 0.204 e. The first-order valence-electron chi connectivity index (χ1n) is 9.76. The molecule has 152 valence electrons. The Morgan fingerprint density at radius 2 is 1.83 bits per heavy atom. The van der Waals surface area contributed by atoms with Gasteiger partial charge in [-0.2, -0.15) is 0 Å². The van der Waals surface area contributed by atoms with Crippen LogP contribution in [-0.2, 0) is 4.79 Å². The highest BCUT2D eigenvalue weighted by Crippen LogP contribution is 2.33. The Bertz CT molecular complexity index is 1130. The zero-order valence-corrected chi connectivity index (χ0v) is 16.4. The number of fused-ring (bicyclic) bond motifs is 1. The lowest BCUT2D eigenvalue weighted by molar-refractivity contribution is -0.106. The Hall–Kier alpha value is -3.78. The number of imidazole rings is 1. The molecule has 4 heterocycles. The molecule has 1 atom stereocenters. The molecule has 8 heteroatoms. The standard InChI is InChI=1S/C21H20N6.CH3NO/c22-20-19-18(15-8-6-14(7-9-15)16-4-1-2-10-23-16)26-21(17-5-3-11-24-17)27(19)13-12-25-20;2-1-3/h1-2,4,6-10,12-13,17,24H,3,5,11H2,(H2,22,25);1H,(H2,2,3). The molecule has 0 bridgehead atoms. The van der Waals surface area contributed by atoms with Crippen LogP contribution in [0.1, 0.15) is 24.7 Å². The van der Waals surface area contributed by atoms with Gasteiger partial charge in [0.25, 0.3) is 0 Å². The lowest BCUT2D eigenvalue weighted by Crippen LogP contribution is -2.15. The first-order chi connectivity index (χ1) is 14.7. The normalized spacial score (nSPS) is 15.5. The van der Waals surface area contributed by atoms with Crippen molar-refractivity contribution in [3.05, 3.63) is 66.9 Å². The van der Waals surface area contributed by atoms with Crippen LogP contribution < -0.4 is 16.8 Å². The Morgan fingerprint density at radius 3 is 2.50 bits per heavy atom. The largest absolute Gasteiger partial charge is 0.382 e. The maximum Gasteiger partial charge on any atom is 0.204 e. The fourth-order valence-electron chi connectivity index (χ4n) is 3.77. The number of anilines is 1. The van der Waals surface area contributed by atoms with Crippen LogP contribution in [-0.4, -0.2) is 32.3 Å². The van der Waals surface area contributed by atoms with Gasteiger partial charge >= 0.3 is 0 Å². The average Bonchev–Trinajstić information content (AvgIpc) is 3.44. The van der Waals surface area contributed by atoms with E-state index >= 15 is 0 Å². The zero-order valence-electron chi connectivity index (χ0n) is 16.4. The fourth-order valence-corrected chi connectivity index (χ4v) is 3.77. The number of benzene rings is 1. The molecule has 3 aromatic heterocycles. The third-order valence-corrected chi connectivity index (χ3v) is 5.10. The molecule has 1 aliphatic heterocycles. The van der Waals surface area contributed by atoms with Crippen molar-refractivity contribution >= 4 is 17.7 Å². The number of nitrogen functional groups attached to an aromatic ring is 1. The van der Waals surface area contributed by atoms with Crippen molar-refractivity contribution in [3.63, 3.8) is 0 Å². The van der Waals surface area contributed by atoms with Gasteiger partial charge in [0.1, 0.15) is 22.9 Å². The van der Waals surface area contributed by atoms with Crippen LogP contribution in [0, 0.1) is 0 Å². The Kier molecular flexibility index (Phi) is 5.67. The maximum atomic E-state index is 8.58. The third kappa shape index (κ3) is 3.72. The summed E-state index contributed by atoms with van der Waals surface area (Å²) in [6.07, 6.45) is 7.98. The minimum absolute atomic E-state index is 0.250. The summed E-state index contributed by atoms with van der Waals surface area (Å²) in [5, 5.41) is 3.53. The molecule has 0 spiro atoms. The van der Waals surface area contributed by atoms with Crippen molar-refractivity contribution in [2.24, 2.45) is 5.73 Å². The molecular weight excluding hydrogens is 378 g/mol.